The number of thiazole rings is 1. The molecule has 0 bridgehead atoms. The second kappa shape index (κ2) is 10.7. The molecule has 1 saturated heterocycles. The Balaban J connectivity index is 1.48. The molecule has 1 aromatic carbocycles. The fourth-order valence-electron chi connectivity index (χ4n) is 3.61. The minimum Gasteiger partial charge on any atom is -0.351 e. The molecule has 0 unspecified atom stereocenters. The number of nitrogens with one attached hydrogen (secondary N) is 1. The van der Waals surface area contributed by atoms with Gasteiger partial charge in [-0.05, 0) is 43.4 Å². The number of aromatic nitrogens is 3. The van der Waals surface area contributed by atoms with E-state index in [2.05, 4.69) is 20.2 Å². The van der Waals surface area contributed by atoms with Crippen LogP contribution in [0, 0.1) is 0 Å². The van der Waals surface area contributed by atoms with Gasteiger partial charge in [0.2, 0.25) is 5.91 Å². The maximum atomic E-state index is 13.2. The number of carbonyl (C=O) groups excluding carboxylic acids is 1. The summed E-state index contributed by atoms with van der Waals surface area (Å²) in [7, 11) is 0. The first-order valence-corrected chi connectivity index (χ1v) is 13.0. The van der Waals surface area contributed by atoms with Crippen LogP contribution in [0.1, 0.15) is 38.2 Å². The van der Waals surface area contributed by atoms with Gasteiger partial charge in [0.15, 0.2) is 15.9 Å². The number of hydrogen-bond acceptors (Lipinski definition) is 7. The van der Waals surface area contributed by atoms with Crippen molar-refractivity contribution in [3.05, 3.63) is 45.2 Å². The van der Waals surface area contributed by atoms with Gasteiger partial charge in [-0.15, -0.1) is 0 Å². The molecule has 0 saturated carbocycles. The number of rotatable bonds is 8. The predicted octanol–water partition coefficient (Wildman–Crippen LogP) is 4.32. The Labute approximate surface area is 200 Å². The van der Waals surface area contributed by atoms with E-state index in [9.17, 15) is 9.59 Å². The van der Waals surface area contributed by atoms with Crippen LogP contribution >= 0.6 is 34.7 Å². The molecule has 1 aliphatic heterocycles. The van der Waals surface area contributed by atoms with Crippen molar-refractivity contribution in [2.75, 3.05) is 23.7 Å². The maximum absolute atomic E-state index is 13.2. The SMILES string of the molecule is CCCn1c(SCC(=O)NCc2ccc(Cl)cc2)nc2nc(N3CCCCC3)sc2c1=O. The summed E-state index contributed by atoms with van der Waals surface area (Å²) >= 11 is 8.61. The van der Waals surface area contributed by atoms with E-state index in [1.807, 2.05) is 19.1 Å². The van der Waals surface area contributed by atoms with Crippen molar-refractivity contribution >= 4 is 56.1 Å². The molecule has 32 heavy (non-hydrogen) atoms. The summed E-state index contributed by atoms with van der Waals surface area (Å²) in [5.41, 5.74) is 1.39. The van der Waals surface area contributed by atoms with E-state index >= 15 is 0 Å². The Hall–Kier alpha value is -2.10. The first-order valence-electron chi connectivity index (χ1n) is 10.9. The minimum absolute atomic E-state index is 0.0679. The van der Waals surface area contributed by atoms with E-state index in [1.165, 1.54) is 29.5 Å². The highest BCUT2D eigenvalue weighted by Gasteiger charge is 2.20. The number of thioether (sulfide) groups is 1. The minimum atomic E-state index is -0.116. The molecule has 4 rings (SSSR count). The van der Waals surface area contributed by atoms with Crippen LogP contribution in [-0.4, -0.2) is 39.3 Å². The fourth-order valence-corrected chi connectivity index (χ4v) is 5.59. The Kier molecular flexibility index (Phi) is 7.70. The average molecular weight is 492 g/mol. The standard InChI is InChI=1S/C22H26ClN5O2S2/c1-2-10-28-20(30)18-19(25-21(32-18)27-11-4-3-5-12-27)26-22(28)31-14-17(29)24-13-15-6-8-16(23)9-7-15/h6-9H,2-5,10-14H2,1H3,(H,24,29). The first kappa shape index (κ1) is 23.1. The molecule has 2 aromatic heterocycles. The number of piperidine rings is 1. The molecule has 7 nitrogen and oxygen atoms in total. The van der Waals surface area contributed by atoms with Crippen LogP contribution in [0.5, 0.6) is 0 Å². The van der Waals surface area contributed by atoms with Gasteiger partial charge in [0.1, 0.15) is 4.70 Å². The van der Waals surface area contributed by atoms with Crippen LogP contribution in [-0.2, 0) is 17.9 Å². The highest BCUT2D eigenvalue weighted by Crippen LogP contribution is 2.29. The molecule has 1 amide bonds. The summed E-state index contributed by atoms with van der Waals surface area (Å²) in [6.45, 7) is 4.95. The molecule has 0 aliphatic carbocycles. The van der Waals surface area contributed by atoms with Crippen LogP contribution in [0.15, 0.2) is 34.2 Å². The summed E-state index contributed by atoms with van der Waals surface area (Å²) < 4.78 is 2.27. The number of amides is 1. The topological polar surface area (TPSA) is 80.1 Å². The van der Waals surface area contributed by atoms with Gasteiger partial charge in [0.05, 0.1) is 5.75 Å². The largest absolute Gasteiger partial charge is 0.351 e. The van der Waals surface area contributed by atoms with E-state index in [1.54, 1.807) is 16.7 Å². The molecule has 3 heterocycles. The number of nitrogens with zero attached hydrogens (tertiary/aromatic N) is 4. The Bertz CT molecular complexity index is 1140. The summed E-state index contributed by atoms with van der Waals surface area (Å²) in [5, 5.41) is 4.98. The van der Waals surface area contributed by atoms with Crippen molar-refractivity contribution < 1.29 is 4.79 Å². The van der Waals surface area contributed by atoms with Crippen LogP contribution in [0.4, 0.5) is 5.13 Å². The summed E-state index contributed by atoms with van der Waals surface area (Å²) in [5.74, 6) is 0.0629. The third-order valence-electron chi connectivity index (χ3n) is 5.28. The Morgan fingerprint density at radius 1 is 1.19 bits per heavy atom. The first-order chi connectivity index (χ1) is 15.5. The van der Waals surface area contributed by atoms with Crippen molar-refractivity contribution in [1.29, 1.82) is 0 Å². The van der Waals surface area contributed by atoms with Gasteiger partial charge >= 0.3 is 0 Å². The third-order valence-corrected chi connectivity index (χ3v) is 7.60. The molecular weight excluding hydrogens is 466 g/mol. The van der Waals surface area contributed by atoms with Gasteiger partial charge in [-0.1, -0.05) is 53.8 Å². The van der Waals surface area contributed by atoms with E-state index in [0.717, 1.165) is 43.0 Å². The molecule has 1 N–H and O–H groups in total. The number of carbonyl (C=O) groups is 1. The highest BCUT2D eigenvalue weighted by atomic mass is 35.5. The molecule has 170 valence electrons. The van der Waals surface area contributed by atoms with Gasteiger partial charge in [-0.25, -0.2) is 4.98 Å². The Morgan fingerprint density at radius 2 is 1.94 bits per heavy atom. The molecule has 0 spiro atoms. The fraction of sp³-hybridized carbons (Fsp3) is 0.455. The van der Waals surface area contributed by atoms with Crippen molar-refractivity contribution in [3.63, 3.8) is 0 Å². The van der Waals surface area contributed by atoms with Crippen LogP contribution in [0.2, 0.25) is 5.02 Å². The molecule has 1 aliphatic rings. The zero-order valence-corrected chi connectivity index (χ0v) is 20.4. The Morgan fingerprint density at radius 3 is 2.66 bits per heavy atom. The predicted molar refractivity (Wildman–Crippen MR) is 132 cm³/mol. The monoisotopic (exact) mass is 491 g/mol. The number of hydrogen-bond donors (Lipinski definition) is 1. The number of halogens is 1. The van der Waals surface area contributed by atoms with E-state index < -0.39 is 0 Å². The third kappa shape index (κ3) is 5.44. The van der Waals surface area contributed by atoms with Gasteiger partial charge < -0.3 is 10.2 Å². The molecule has 3 aromatic rings. The number of anilines is 1. The second-order valence-electron chi connectivity index (χ2n) is 7.74. The van der Waals surface area contributed by atoms with Crippen molar-refractivity contribution in [2.24, 2.45) is 0 Å². The summed E-state index contributed by atoms with van der Waals surface area (Å²) in [6, 6.07) is 7.36. The molecule has 0 radical (unpaired) electrons. The van der Waals surface area contributed by atoms with Crippen LogP contribution in [0.25, 0.3) is 10.3 Å². The highest BCUT2D eigenvalue weighted by molar-refractivity contribution is 7.99. The van der Waals surface area contributed by atoms with Crippen LogP contribution < -0.4 is 15.8 Å². The molecular formula is C22H26ClN5O2S2. The molecule has 0 atom stereocenters. The van der Waals surface area contributed by atoms with Gasteiger partial charge in [-0.2, -0.15) is 4.98 Å². The van der Waals surface area contributed by atoms with E-state index in [0.29, 0.717) is 33.6 Å². The van der Waals surface area contributed by atoms with E-state index in [4.69, 9.17) is 11.6 Å². The summed E-state index contributed by atoms with van der Waals surface area (Å²) in [6.07, 6.45) is 4.34. The average Bonchev–Trinajstić information content (AvgIpc) is 3.24. The zero-order chi connectivity index (χ0) is 22.5. The number of fused-ring (bicyclic) bond motifs is 1. The lowest BCUT2D eigenvalue weighted by molar-refractivity contribution is -0.118. The summed E-state index contributed by atoms with van der Waals surface area (Å²) in [4.78, 5) is 37.1. The van der Waals surface area contributed by atoms with Gasteiger partial charge in [0, 0.05) is 31.2 Å². The lowest BCUT2D eigenvalue weighted by Gasteiger charge is -2.25. The quantitative estimate of drug-likeness (QED) is 0.373. The lowest BCUT2D eigenvalue weighted by atomic mass is 10.1. The second-order valence-corrected chi connectivity index (χ2v) is 10.1. The smallest absolute Gasteiger partial charge is 0.273 e. The maximum Gasteiger partial charge on any atom is 0.273 e. The van der Waals surface area contributed by atoms with Gasteiger partial charge in [0.25, 0.3) is 5.56 Å². The van der Waals surface area contributed by atoms with Crippen molar-refractivity contribution in [3.8, 4) is 0 Å². The van der Waals surface area contributed by atoms with Gasteiger partial charge in [-0.3, -0.25) is 14.2 Å². The van der Waals surface area contributed by atoms with E-state index in [-0.39, 0.29) is 17.2 Å². The normalized spacial score (nSPS) is 14.1. The van der Waals surface area contributed by atoms with Crippen molar-refractivity contribution in [2.45, 2.75) is 50.9 Å². The van der Waals surface area contributed by atoms with Crippen molar-refractivity contribution in [1.82, 2.24) is 19.9 Å². The molecule has 10 heteroatoms. The van der Waals surface area contributed by atoms with Crippen LogP contribution in [0.3, 0.4) is 0 Å². The lowest BCUT2D eigenvalue weighted by Crippen LogP contribution is -2.29. The zero-order valence-electron chi connectivity index (χ0n) is 18.0. The number of benzene rings is 1. The molecule has 1 fully saturated rings.